The summed E-state index contributed by atoms with van der Waals surface area (Å²) in [4.78, 5) is 21.9. The standard InChI is InChI=1S/C19H18F3N5O2/c1-9-3-11(19(20,21)22)4-10(2)15(9)27-7-14-16(25-27)23-18(24-17(14)28)26-6-13-5-12(26)8-29-13/h3-4,7,12-13H,5-6,8H2,1-2H3,(H,23,24,25,28)/t12-,13-/m0/s1. The van der Waals surface area contributed by atoms with Crippen LogP contribution in [0.1, 0.15) is 23.1 Å². The first-order valence-corrected chi connectivity index (χ1v) is 9.27. The van der Waals surface area contributed by atoms with E-state index in [2.05, 4.69) is 15.1 Å². The highest BCUT2D eigenvalue weighted by Crippen LogP contribution is 2.33. The number of nitrogens with zero attached hydrogens (tertiary/aromatic N) is 4. The second kappa shape index (κ2) is 6.06. The maximum atomic E-state index is 13.1. The Morgan fingerprint density at radius 2 is 1.97 bits per heavy atom. The van der Waals surface area contributed by atoms with Crippen molar-refractivity contribution in [3.8, 4) is 5.69 Å². The zero-order valence-corrected chi connectivity index (χ0v) is 15.7. The van der Waals surface area contributed by atoms with Gasteiger partial charge in [-0.1, -0.05) is 0 Å². The van der Waals surface area contributed by atoms with Gasteiger partial charge in [0.2, 0.25) is 5.95 Å². The Hall–Kier alpha value is -2.88. The maximum Gasteiger partial charge on any atom is 0.416 e. The summed E-state index contributed by atoms with van der Waals surface area (Å²) in [7, 11) is 0. The SMILES string of the molecule is Cc1cc(C(F)(F)F)cc(C)c1-n1cc2c(=O)[nH]c(N3C[C@@H]4C[C@H]3CO4)nc2n1. The number of anilines is 1. The number of fused-ring (bicyclic) bond motifs is 3. The number of aromatic amines is 1. The van der Waals surface area contributed by atoms with Crippen LogP contribution in [0.3, 0.4) is 0 Å². The van der Waals surface area contributed by atoms with Crippen LogP contribution in [0.15, 0.2) is 23.1 Å². The molecule has 1 N–H and O–H groups in total. The summed E-state index contributed by atoms with van der Waals surface area (Å²) in [6.45, 7) is 4.45. The molecule has 0 saturated carbocycles. The molecule has 29 heavy (non-hydrogen) atoms. The number of aryl methyl sites for hydroxylation is 2. The molecule has 152 valence electrons. The minimum atomic E-state index is -4.42. The van der Waals surface area contributed by atoms with E-state index in [1.807, 2.05) is 4.90 Å². The van der Waals surface area contributed by atoms with Gasteiger partial charge in [-0.25, -0.2) is 4.68 Å². The summed E-state index contributed by atoms with van der Waals surface area (Å²) in [5.74, 6) is 0.449. The first-order valence-electron chi connectivity index (χ1n) is 9.27. The van der Waals surface area contributed by atoms with Crippen molar-refractivity contribution in [3.05, 3.63) is 45.4 Å². The van der Waals surface area contributed by atoms with Gasteiger partial charge in [0.1, 0.15) is 5.39 Å². The van der Waals surface area contributed by atoms with Gasteiger partial charge in [-0.2, -0.15) is 18.2 Å². The second-order valence-electron chi connectivity index (χ2n) is 7.65. The van der Waals surface area contributed by atoms with Crippen molar-refractivity contribution >= 4 is 17.0 Å². The van der Waals surface area contributed by atoms with E-state index < -0.39 is 11.7 Å². The Morgan fingerprint density at radius 1 is 1.24 bits per heavy atom. The number of morpholine rings is 1. The summed E-state index contributed by atoms with van der Waals surface area (Å²) in [5, 5.41) is 4.68. The van der Waals surface area contributed by atoms with E-state index >= 15 is 0 Å². The van der Waals surface area contributed by atoms with E-state index in [1.165, 1.54) is 10.9 Å². The van der Waals surface area contributed by atoms with Crippen molar-refractivity contribution in [3.63, 3.8) is 0 Å². The Morgan fingerprint density at radius 3 is 2.55 bits per heavy atom. The molecular weight excluding hydrogens is 387 g/mol. The number of nitrogens with one attached hydrogen (secondary N) is 1. The van der Waals surface area contributed by atoms with E-state index in [-0.39, 0.29) is 28.7 Å². The van der Waals surface area contributed by atoms with E-state index in [0.717, 1.165) is 18.6 Å². The fourth-order valence-corrected chi connectivity index (χ4v) is 4.30. The van der Waals surface area contributed by atoms with Gasteiger partial charge < -0.3 is 9.64 Å². The summed E-state index contributed by atoms with van der Waals surface area (Å²) < 4.78 is 46.2. The molecule has 0 amide bonds. The fourth-order valence-electron chi connectivity index (χ4n) is 4.30. The van der Waals surface area contributed by atoms with E-state index in [1.54, 1.807) is 13.8 Å². The highest BCUT2D eigenvalue weighted by molar-refractivity contribution is 5.75. The molecular formula is C19H18F3N5O2. The molecule has 3 aromatic rings. The lowest BCUT2D eigenvalue weighted by Crippen LogP contribution is -2.38. The number of halogens is 3. The summed E-state index contributed by atoms with van der Waals surface area (Å²) >= 11 is 0. The molecule has 2 bridgehead atoms. The minimum absolute atomic E-state index is 0.149. The van der Waals surface area contributed by atoms with Gasteiger partial charge in [-0.05, 0) is 43.5 Å². The highest BCUT2D eigenvalue weighted by Gasteiger charge is 2.40. The number of hydrogen-bond donors (Lipinski definition) is 1. The van der Waals surface area contributed by atoms with Crippen LogP contribution in [0.25, 0.3) is 16.7 Å². The molecule has 2 aromatic heterocycles. The van der Waals surface area contributed by atoms with Crippen LogP contribution in [-0.4, -0.2) is 45.0 Å². The molecule has 0 spiro atoms. The monoisotopic (exact) mass is 405 g/mol. The van der Waals surface area contributed by atoms with Gasteiger partial charge in [-0.3, -0.25) is 9.78 Å². The van der Waals surface area contributed by atoms with Crippen LogP contribution in [-0.2, 0) is 10.9 Å². The number of aromatic nitrogens is 4. The lowest BCUT2D eigenvalue weighted by atomic mass is 10.0. The first kappa shape index (κ1) is 18.2. The smallest absolute Gasteiger partial charge is 0.374 e. The van der Waals surface area contributed by atoms with Gasteiger partial charge in [-0.15, -0.1) is 5.10 Å². The Labute approximate surface area is 163 Å². The predicted octanol–water partition coefficient (Wildman–Crippen LogP) is 2.72. The zero-order valence-electron chi connectivity index (χ0n) is 15.7. The molecule has 0 unspecified atom stereocenters. The van der Waals surface area contributed by atoms with Crippen LogP contribution in [0.4, 0.5) is 19.1 Å². The minimum Gasteiger partial charge on any atom is -0.374 e. The largest absolute Gasteiger partial charge is 0.416 e. The van der Waals surface area contributed by atoms with Crippen LogP contribution in [0, 0.1) is 13.8 Å². The van der Waals surface area contributed by atoms with Crippen molar-refractivity contribution in [1.29, 1.82) is 0 Å². The van der Waals surface area contributed by atoms with Gasteiger partial charge in [0.15, 0.2) is 5.65 Å². The van der Waals surface area contributed by atoms with E-state index in [0.29, 0.717) is 35.9 Å². The Balaban J connectivity index is 1.59. The Bertz CT molecular complexity index is 1160. The van der Waals surface area contributed by atoms with Crippen molar-refractivity contribution in [2.24, 2.45) is 0 Å². The van der Waals surface area contributed by atoms with E-state index in [9.17, 15) is 18.0 Å². The second-order valence-corrected chi connectivity index (χ2v) is 7.65. The van der Waals surface area contributed by atoms with E-state index in [4.69, 9.17) is 4.74 Å². The van der Waals surface area contributed by atoms with Crippen LogP contribution < -0.4 is 10.5 Å². The number of rotatable bonds is 2. The van der Waals surface area contributed by atoms with Crippen molar-refractivity contribution < 1.29 is 17.9 Å². The van der Waals surface area contributed by atoms with Gasteiger partial charge in [0, 0.05) is 12.7 Å². The summed E-state index contributed by atoms with van der Waals surface area (Å²) in [6, 6.07) is 2.35. The van der Waals surface area contributed by atoms with Crippen molar-refractivity contribution in [1.82, 2.24) is 19.7 Å². The van der Waals surface area contributed by atoms with Gasteiger partial charge in [0.05, 0.1) is 30.0 Å². The third kappa shape index (κ3) is 2.89. The normalized spacial score (nSPS) is 21.5. The zero-order chi connectivity index (χ0) is 20.5. The highest BCUT2D eigenvalue weighted by atomic mass is 19.4. The summed E-state index contributed by atoms with van der Waals surface area (Å²) in [6.07, 6.45) is -1.86. The number of benzene rings is 1. The number of hydrogen-bond acceptors (Lipinski definition) is 5. The average Bonchev–Trinajstić information content (AvgIpc) is 3.35. The first-order chi connectivity index (χ1) is 13.7. The average molecular weight is 405 g/mol. The molecule has 0 aliphatic carbocycles. The third-order valence-corrected chi connectivity index (χ3v) is 5.60. The molecule has 7 nitrogen and oxygen atoms in total. The van der Waals surface area contributed by atoms with Gasteiger partial charge >= 0.3 is 6.18 Å². The number of ether oxygens (including phenoxy) is 1. The molecule has 0 radical (unpaired) electrons. The van der Waals surface area contributed by atoms with Crippen LogP contribution in [0.2, 0.25) is 0 Å². The maximum absolute atomic E-state index is 13.1. The molecule has 2 aliphatic heterocycles. The fraction of sp³-hybridized carbons (Fsp3) is 0.421. The Kier molecular flexibility index (Phi) is 3.79. The molecule has 10 heteroatoms. The topological polar surface area (TPSA) is 76.0 Å². The number of alkyl halides is 3. The number of H-pyrrole nitrogens is 1. The molecule has 1 aromatic carbocycles. The molecule has 2 atom stereocenters. The van der Waals surface area contributed by atoms with Crippen molar-refractivity contribution in [2.45, 2.75) is 38.6 Å². The lowest BCUT2D eigenvalue weighted by Gasteiger charge is -2.26. The predicted molar refractivity (Wildman–Crippen MR) is 99.5 cm³/mol. The molecule has 2 saturated heterocycles. The molecule has 5 rings (SSSR count). The summed E-state index contributed by atoms with van der Waals surface area (Å²) in [5.41, 5.74) is 0.544. The molecule has 2 fully saturated rings. The lowest BCUT2D eigenvalue weighted by molar-refractivity contribution is -0.137. The molecule has 4 heterocycles. The molecule has 2 aliphatic rings. The third-order valence-electron chi connectivity index (χ3n) is 5.60. The van der Waals surface area contributed by atoms with Crippen molar-refractivity contribution in [2.75, 3.05) is 18.1 Å². The van der Waals surface area contributed by atoms with Crippen LogP contribution >= 0.6 is 0 Å². The quantitative estimate of drug-likeness (QED) is 0.710. The van der Waals surface area contributed by atoms with Crippen LogP contribution in [0.5, 0.6) is 0 Å². The van der Waals surface area contributed by atoms with Gasteiger partial charge in [0.25, 0.3) is 5.56 Å².